The highest BCUT2D eigenvalue weighted by molar-refractivity contribution is 6.57. The minimum Gasteiger partial charge on any atom is -0.110 e. The number of hydrogen-bond acceptors (Lipinski definition) is 0. The van der Waals surface area contributed by atoms with Crippen LogP contribution in [0.3, 0.4) is 0 Å². The molecular weight excluding hydrogens is 226 g/mol. The Morgan fingerprint density at radius 2 is 1.82 bits per heavy atom. The molecule has 0 aromatic carbocycles. The van der Waals surface area contributed by atoms with Crippen molar-refractivity contribution in [3.05, 3.63) is 23.3 Å². The van der Waals surface area contributed by atoms with Crippen LogP contribution in [0.4, 0.5) is 0 Å². The van der Waals surface area contributed by atoms with Crippen LogP contribution in [0.2, 0.25) is 0 Å². The van der Waals surface area contributed by atoms with Gasteiger partial charge < -0.3 is 0 Å². The molecule has 1 rings (SSSR count). The van der Waals surface area contributed by atoms with E-state index >= 15 is 0 Å². The molecule has 0 bridgehead atoms. The Kier molecular flexibility index (Phi) is 2.52. The quantitative estimate of drug-likeness (QED) is 0.556. The lowest BCUT2D eigenvalue weighted by Crippen LogP contribution is -2.38. The number of hydrogen-bond donors (Lipinski definition) is 0. The Hall–Kier alpha value is 0.640. The fourth-order valence-corrected chi connectivity index (χ4v) is 1.52. The van der Waals surface area contributed by atoms with Crippen molar-refractivity contribution >= 4 is 46.4 Å². The summed E-state index contributed by atoms with van der Waals surface area (Å²) in [6.45, 7) is 1.68. The fraction of sp³-hybridized carbons (Fsp3) is 0.429. The van der Waals surface area contributed by atoms with Crippen LogP contribution >= 0.6 is 46.4 Å². The Bertz CT molecular complexity index is 225. The maximum Gasteiger partial charge on any atom is 0.160 e. The van der Waals surface area contributed by atoms with Gasteiger partial charge in [0.15, 0.2) is 4.33 Å². The SMILES string of the molecule is CC1(Cl)C(Cl)=CC=CC1(Cl)Cl. The Labute approximate surface area is 85.8 Å². The van der Waals surface area contributed by atoms with Crippen LogP contribution in [0, 0.1) is 0 Å². The van der Waals surface area contributed by atoms with Gasteiger partial charge in [0.25, 0.3) is 0 Å². The van der Waals surface area contributed by atoms with E-state index in [4.69, 9.17) is 46.4 Å². The molecule has 0 heterocycles. The van der Waals surface area contributed by atoms with E-state index in [1.807, 2.05) is 0 Å². The van der Waals surface area contributed by atoms with E-state index in [-0.39, 0.29) is 0 Å². The first-order chi connectivity index (χ1) is 4.88. The van der Waals surface area contributed by atoms with Crippen LogP contribution in [0.25, 0.3) is 0 Å². The molecule has 11 heavy (non-hydrogen) atoms. The second kappa shape index (κ2) is 2.85. The lowest BCUT2D eigenvalue weighted by Gasteiger charge is -2.34. The second-order valence-corrected chi connectivity index (χ2v) is 5.05. The summed E-state index contributed by atoms with van der Waals surface area (Å²) in [6.07, 6.45) is 4.97. The zero-order chi connectivity index (χ0) is 8.70. The highest BCUT2D eigenvalue weighted by Crippen LogP contribution is 2.48. The normalized spacial score (nSPS) is 35.2. The first-order valence-electron chi connectivity index (χ1n) is 3.00. The lowest BCUT2D eigenvalue weighted by molar-refractivity contribution is 0.724. The number of rotatable bonds is 0. The summed E-state index contributed by atoms with van der Waals surface area (Å²) < 4.78 is -1.12. The van der Waals surface area contributed by atoms with Gasteiger partial charge in [-0.05, 0) is 19.1 Å². The van der Waals surface area contributed by atoms with E-state index in [0.717, 1.165) is 0 Å². The van der Waals surface area contributed by atoms with Crippen molar-refractivity contribution in [2.75, 3.05) is 0 Å². The minimum atomic E-state index is -1.12. The molecule has 1 unspecified atom stereocenters. The van der Waals surface area contributed by atoms with Crippen LogP contribution in [0.15, 0.2) is 23.3 Å². The molecule has 0 spiro atoms. The largest absolute Gasteiger partial charge is 0.160 e. The molecule has 0 radical (unpaired) electrons. The van der Waals surface area contributed by atoms with Crippen LogP contribution < -0.4 is 0 Å². The maximum atomic E-state index is 6.00. The Morgan fingerprint density at radius 3 is 2.18 bits per heavy atom. The third-order valence-corrected chi connectivity index (χ3v) is 3.93. The lowest BCUT2D eigenvalue weighted by atomic mass is 10.0. The van der Waals surface area contributed by atoms with E-state index in [9.17, 15) is 0 Å². The van der Waals surface area contributed by atoms with Crippen LogP contribution in [-0.4, -0.2) is 9.21 Å². The highest BCUT2D eigenvalue weighted by atomic mass is 35.5. The molecule has 0 aromatic rings. The molecule has 0 aliphatic heterocycles. The van der Waals surface area contributed by atoms with E-state index in [2.05, 4.69) is 0 Å². The molecular formula is C7H6Cl4. The molecule has 1 aliphatic rings. The smallest absolute Gasteiger partial charge is 0.110 e. The summed E-state index contributed by atoms with van der Waals surface area (Å²) in [5.74, 6) is 0. The summed E-state index contributed by atoms with van der Waals surface area (Å²) in [5.41, 5.74) is 0. The van der Waals surface area contributed by atoms with Gasteiger partial charge in [0.2, 0.25) is 0 Å². The molecule has 0 fully saturated rings. The van der Waals surface area contributed by atoms with Crippen molar-refractivity contribution in [1.82, 2.24) is 0 Å². The molecule has 0 saturated carbocycles. The Balaban J connectivity index is 3.09. The van der Waals surface area contributed by atoms with Gasteiger partial charge in [-0.3, -0.25) is 0 Å². The monoisotopic (exact) mass is 230 g/mol. The molecule has 62 valence electrons. The van der Waals surface area contributed by atoms with Crippen LogP contribution in [0.5, 0.6) is 0 Å². The third kappa shape index (κ3) is 1.55. The number of alkyl halides is 3. The van der Waals surface area contributed by atoms with Gasteiger partial charge in [0.05, 0.1) is 0 Å². The first-order valence-corrected chi connectivity index (χ1v) is 4.51. The summed E-state index contributed by atoms with van der Waals surface area (Å²) in [7, 11) is 0. The van der Waals surface area contributed by atoms with Gasteiger partial charge in [-0.15, -0.1) is 11.6 Å². The van der Waals surface area contributed by atoms with Crippen LogP contribution in [0.1, 0.15) is 6.92 Å². The first kappa shape index (κ1) is 9.73. The minimum absolute atomic E-state index is 0.451. The topological polar surface area (TPSA) is 0 Å². The molecule has 1 atom stereocenters. The van der Waals surface area contributed by atoms with E-state index in [0.29, 0.717) is 5.03 Å². The van der Waals surface area contributed by atoms with Gasteiger partial charge in [0, 0.05) is 5.03 Å². The number of allylic oxidation sites excluding steroid dienone is 4. The summed E-state index contributed by atoms with van der Waals surface area (Å²) in [5, 5.41) is 0.451. The number of halogens is 4. The van der Waals surface area contributed by atoms with Crippen molar-refractivity contribution < 1.29 is 0 Å². The highest BCUT2D eigenvalue weighted by Gasteiger charge is 2.46. The molecule has 0 saturated heterocycles. The average Bonchev–Trinajstić information content (AvgIpc) is 1.84. The van der Waals surface area contributed by atoms with E-state index in [1.165, 1.54) is 0 Å². The van der Waals surface area contributed by atoms with Gasteiger partial charge in [-0.25, -0.2) is 0 Å². The molecule has 4 heteroatoms. The summed E-state index contributed by atoms with van der Waals surface area (Å²) >= 11 is 23.6. The second-order valence-electron chi connectivity index (χ2n) is 2.50. The predicted molar refractivity (Wildman–Crippen MR) is 51.8 cm³/mol. The third-order valence-electron chi connectivity index (χ3n) is 1.62. The predicted octanol–water partition coefficient (Wildman–Crippen LogP) is 3.85. The van der Waals surface area contributed by atoms with Gasteiger partial charge in [-0.2, -0.15) is 0 Å². The average molecular weight is 232 g/mol. The van der Waals surface area contributed by atoms with Crippen molar-refractivity contribution in [2.45, 2.75) is 16.1 Å². The molecule has 0 nitrogen and oxygen atoms in total. The van der Waals surface area contributed by atoms with Gasteiger partial charge in [-0.1, -0.05) is 40.9 Å². The van der Waals surface area contributed by atoms with E-state index < -0.39 is 9.21 Å². The fourth-order valence-electron chi connectivity index (χ4n) is 0.726. The van der Waals surface area contributed by atoms with Crippen LogP contribution in [-0.2, 0) is 0 Å². The summed E-state index contributed by atoms with van der Waals surface area (Å²) in [6, 6.07) is 0. The zero-order valence-electron chi connectivity index (χ0n) is 5.74. The Morgan fingerprint density at radius 1 is 1.27 bits per heavy atom. The summed E-state index contributed by atoms with van der Waals surface area (Å²) in [4.78, 5) is -0.924. The van der Waals surface area contributed by atoms with Gasteiger partial charge in [0.1, 0.15) is 4.87 Å². The zero-order valence-corrected chi connectivity index (χ0v) is 8.77. The van der Waals surface area contributed by atoms with Crippen molar-refractivity contribution in [2.24, 2.45) is 0 Å². The van der Waals surface area contributed by atoms with Gasteiger partial charge >= 0.3 is 0 Å². The van der Waals surface area contributed by atoms with Crippen molar-refractivity contribution in [3.63, 3.8) is 0 Å². The maximum absolute atomic E-state index is 6.00. The standard InChI is InChI=1S/C7H6Cl4/c1-6(9)5(8)3-2-4-7(6,10)11/h2-4H,1H3. The molecule has 0 N–H and O–H groups in total. The molecule has 1 aliphatic carbocycles. The van der Waals surface area contributed by atoms with Crippen molar-refractivity contribution in [3.8, 4) is 0 Å². The molecule has 0 amide bonds. The molecule has 0 aromatic heterocycles. The van der Waals surface area contributed by atoms with E-state index in [1.54, 1.807) is 25.2 Å². The van der Waals surface area contributed by atoms with Crippen molar-refractivity contribution in [1.29, 1.82) is 0 Å².